The van der Waals surface area contributed by atoms with Gasteiger partial charge in [0.2, 0.25) is 0 Å². The third-order valence-corrected chi connectivity index (χ3v) is 9.45. The Bertz CT molecular complexity index is 2800. The van der Waals surface area contributed by atoms with Crippen LogP contribution in [0.1, 0.15) is 0 Å². The van der Waals surface area contributed by atoms with E-state index in [1.807, 2.05) is 24.3 Å². The molecule has 0 saturated carbocycles. The van der Waals surface area contributed by atoms with Crippen LogP contribution in [0.4, 0.5) is 17.1 Å². The van der Waals surface area contributed by atoms with E-state index in [4.69, 9.17) is 8.83 Å². The molecule has 8 aromatic carbocycles. The fraction of sp³-hybridized carbons (Fsp3) is 0. The van der Waals surface area contributed by atoms with Crippen molar-refractivity contribution in [3.63, 3.8) is 0 Å². The summed E-state index contributed by atoms with van der Waals surface area (Å²) in [5.74, 6) is 0. The van der Waals surface area contributed by atoms with Gasteiger partial charge in [0.25, 0.3) is 0 Å². The van der Waals surface area contributed by atoms with Crippen LogP contribution < -0.4 is 4.90 Å². The number of benzene rings is 8. The smallest absolute Gasteiger partial charge is 0.159 e. The molecule has 0 bridgehead atoms. The highest BCUT2D eigenvalue weighted by molar-refractivity contribution is 6.12. The van der Waals surface area contributed by atoms with E-state index >= 15 is 0 Å². The zero-order chi connectivity index (χ0) is 30.9. The predicted molar refractivity (Wildman–Crippen MR) is 196 cm³/mol. The Balaban J connectivity index is 1.16. The molecule has 47 heavy (non-hydrogen) atoms. The summed E-state index contributed by atoms with van der Waals surface area (Å²) in [4.78, 5) is 2.32. The Kier molecular flexibility index (Phi) is 5.57. The molecular formula is C44H27NO2. The largest absolute Gasteiger partial charge is 0.456 e. The first kappa shape index (κ1) is 26.0. The van der Waals surface area contributed by atoms with Crippen molar-refractivity contribution in [1.29, 1.82) is 0 Å². The van der Waals surface area contributed by atoms with Crippen LogP contribution in [0.15, 0.2) is 173 Å². The van der Waals surface area contributed by atoms with Crippen molar-refractivity contribution in [3.8, 4) is 11.1 Å². The predicted octanol–water partition coefficient (Wildman–Crippen LogP) is 12.9. The van der Waals surface area contributed by atoms with E-state index in [9.17, 15) is 0 Å². The first-order valence-electron chi connectivity index (χ1n) is 15.9. The second kappa shape index (κ2) is 10.1. The van der Waals surface area contributed by atoms with Gasteiger partial charge in [0.15, 0.2) is 5.58 Å². The maximum Gasteiger partial charge on any atom is 0.159 e. The summed E-state index contributed by atoms with van der Waals surface area (Å²) in [5.41, 5.74) is 8.99. The van der Waals surface area contributed by atoms with E-state index in [1.165, 1.54) is 21.5 Å². The third kappa shape index (κ3) is 4.07. The fourth-order valence-corrected chi connectivity index (χ4v) is 7.17. The van der Waals surface area contributed by atoms with Crippen LogP contribution >= 0.6 is 0 Å². The molecule has 220 valence electrons. The number of hydrogen-bond donors (Lipinski definition) is 0. The minimum atomic E-state index is 0.869. The highest BCUT2D eigenvalue weighted by atomic mass is 16.3. The molecule has 0 radical (unpaired) electrons. The van der Waals surface area contributed by atoms with Gasteiger partial charge in [-0.15, -0.1) is 0 Å². The van der Waals surface area contributed by atoms with Gasteiger partial charge < -0.3 is 13.7 Å². The minimum absolute atomic E-state index is 0.869. The number of rotatable bonds is 4. The Morgan fingerprint density at radius 2 is 0.936 bits per heavy atom. The molecule has 10 rings (SSSR count). The van der Waals surface area contributed by atoms with Gasteiger partial charge in [-0.3, -0.25) is 0 Å². The Morgan fingerprint density at radius 1 is 0.340 bits per heavy atom. The van der Waals surface area contributed by atoms with Gasteiger partial charge in [-0.05, 0) is 87.3 Å². The molecule has 0 aliphatic carbocycles. The van der Waals surface area contributed by atoms with Gasteiger partial charge in [-0.25, -0.2) is 0 Å². The van der Waals surface area contributed by atoms with Crippen LogP contribution in [0.2, 0.25) is 0 Å². The maximum atomic E-state index is 6.58. The molecule has 0 atom stereocenters. The van der Waals surface area contributed by atoms with E-state index in [2.05, 4.69) is 144 Å². The molecule has 0 N–H and O–H groups in total. The normalized spacial score (nSPS) is 11.8. The highest BCUT2D eigenvalue weighted by Gasteiger charge is 2.20. The van der Waals surface area contributed by atoms with E-state index < -0.39 is 0 Å². The Hall–Kier alpha value is -6.32. The summed E-state index contributed by atoms with van der Waals surface area (Å²) in [7, 11) is 0. The van der Waals surface area contributed by atoms with Gasteiger partial charge in [0.05, 0.1) is 5.69 Å². The SMILES string of the molecule is c1ccc2c(c1)ccc1ccc(N(c3ccc(-c4ccc5oc6ccccc6c5c4)cc3)c3cccc4c3oc3ccccc34)cc12. The van der Waals surface area contributed by atoms with E-state index in [1.54, 1.807) is 0 Å². The lowest BCUT2D eigenvalue weighted by Gasteiger charge is -2.26. The van der Waals surface area contributed by atoms with Crippen molar-refractivity contribution in [2.75, 3.05) is 4.90 Å². The number of fused-ring (bicyclic) bond motifs is 9. The van der Waals surface area contributed by atoms with Crippen molar-refractivity contribution >= 4 is 82.5 Å². The molecule has 0 aliphatic heterocycles. The van der Waals surface area contributed by atoms with Gasteiger partial charge in [0, 0.05) is 32.9 Å². The number of para-hydroxylation sites is 3. The zero-order valence-electron chi connectivity index (χ0n) is 25.4. The molecule has 0 fully saturated rings. The van der Waals surface area contributed by atoms with Gasteiger partial charge in [-0.2, -0.15) is 0 Å². The number of anilines is 3. The lowest BCUT2D eigenvalue weighted by Crippen LogP contribution is -2.10. The van der Waals surface area contributed by atoms with Crippen molar-refractivity contribution in [2.24, 2.45) is 0 Å². The molecule has 3 nitrogen and oxygen atoms in total. The molecule has 0 unspecified atom stereocenters. The summed E-state index contributed by atoms with van der Waals surface area (Å²) in [5, 5.41) is 9.39. The van der Waals surface area contributed by atoms with E-state index in [0.717, 1.165) is 72.1 Å². The van der Waals surface area contributed by atoms with Crippen LogP contribution in [0.5, 0.6) is 0 Å². The fourth-order valence-electron chi connectivity index (χ4n) is 7.17. The van der Waals surface area contributed by atoms with E-state index in [-0.39, 0.29) is 0 Å². The van der Waals surface area contributed by atoms with Crippen molar-refractivity contribution in [1.82, 2.24) is 0 Å². The van der Waals surface area contributed by atoms with Crippen LogP contribution in [0, 0.1) is 0 Å². The molecule has 2 heterocycles. The lowest BCUT2D eigenvalue weighted by molar-refractivity contribution is 0.668. The van der Waals surface area contributed by atoms with E-state index in [0.29, 0.717) is 0 Å². The lowest BCUT2D eigenvalue weighted by atomic mass is 10.00. The number of hydrogen-bond acceptors (Lipinski definition) is 3. The summed E-state index contributed by atoms with van der Waals surface area (Å²) in [6, 6.07) is 58.0. The molecule has 10 aromatic rings. The average Bonchev–Trinajstić information content (AvgIpc) is 3.71. The molecule has 2 aromatic heterocycles. The molecule has 0 aliphatic rings. The molecular weight excluding hydrogens is 574 g/mol. The Morgan fingerprint density at radius 3 is 1.77 bits per heavy atom. The van der Waals surface area contributed by atoms with Crippen LogP contribution in [-0.2, 0) is 0 Å². The topological polar surface area (TPSA) is 29.5 Å². The quantitative estimate of drug-likeness (QED) is 0.188. The zero-order valence-corrected chi connectivity index (χ0v) is 25.4. The maximum absolute atomic E-state index is 6.58. The van der Waals surface area contributed by atoms with Crippen LogP contribution in [0.25, 0.3) is 76.5 Å². The van der Waals surface area contributed by atoms with Crippen LogP contribution in [0.3, 0.4) is 0 Å². The van der Waals surface area contributed by atoms with Crippen LogP contribution in [-0.4, -0.2) is 0 Å². The highest BCUT2D eigenvalue weighted by Crippen LogP contribution is 2.44. The molecule has 0 amide bonds. The van der Waals surface area contributed by atoms with Crippen molar-refractivity contribution in [2.45, 2.75) is 0 Å². The summed E-state index contributed by atoms with van der Waals surface area (Å²) in [6.07, 6.45) is 0. The van der Waals surface area contributed by atoms with Gasteiger partial charge in [0.1, 0.15) is 16.7 Å². The Labute approximate surface area is 270 Å². The molecule has 0 spiro atoms. The number of furan rings is 2. The molecule has 0 saturated heterocycles. The van der Waals surface area contributed by atoms with Gasteiger partial charge >= 0.3 is 0 Å². The molecule has 3 heteroatoms. The summed E-state index contributed by atoms with van der Waals surface area (Å²) in [6.45, 7) is 0. The minimum Gasteiger partial charge on any atom is -0.456 e. The summed E-state index contributed by atoms with van der Waals surface area (Å²) < 4.78 is 12.7. The third-order valence-electron chi connectivity index (χ3n) is 9.45. The summed E-state index contributed by atoms with van der Waals surface area (Å²) >= 11 is 0. The van der Waals surface area contributed by atoms with Gasteiger partial charge in [-0.1, -0.05) is 109 Å². The monoisotopic (exact) mass is 601 g/mol. The standard InChI is InChI=1S/C44H27NO2/c1-2-9-34-29(8-1)16-17-30-20-24-33(27-38(30)34)45(40-13-7-12-37-35-10-3-6-15-42(35)47-44(37)40)32-22-18-28(19-23-32)31-21-25-43-39(26-31)36-11-4-5-14-41(36)46-43/h1-27H. The first-order chi connectivity index (χ1) is 23.3. The van der Waals surface area contributed by atoms with Crippen molar-refractivity contribution < 1.29 is 8.83 Å². The second-order valence-electron chi connectivity index (χ2n) is 12.1. The average molecular weight is 602 g/mol. The first-order valence-corrected chi connectivity index (χ1v) is 15.9. The van der Waals surface area contributed by atoms with Crippen molar-refractivity contribution in [3.05, 3.63) is 164 Å². The second-order valence-corrected chi connectivity index (χ2v) is 12.1. The number of nitrogens with zero attached hydrogens (tertiary/aromatic N) is 1.